The lowest BCUT2D eigenvalue weighted by molar-refractivity contribution is -0.00550. The van der Waals surface area contributed by atoms with Gasteiger partial charge in [0.05, 0.1) is 36.5 Å². The van der Waals surface area contributed by atoms with Gasteiger partial charge in [0.1, 0.15) is 0 Å². The molecule has 1 aliphatic heterocycles. The van der Waals surface area contributed by atoms with Gasteiger partial charge >= 0.3 is 0 Å². The van der Waals surface area contributed by atoms with Gasteiger partial charge in [-0.05, 0) is 19.9 Å². The molecule has 2 heterocycles. The van der Waals surface area contributed by atoms with Crippen molar-refractivity contribution in [3.63, 3.8) is 0 Å². The van der Waals surface area contributed by atoms with Gasteiger partial charge in [-0.25, -0.2) is 4.39 Å². The maximum absolute atomic E-state index is 15.3. The fourth-order valence-corrected chi connectivity index (χ4v) is 3.42. The Morgan fingerprint density at radius 1 is 1.44 bits per heavy atom. The zero-order valence-electron chi connectivity index (χ0n) is 15.6. The van der Waals surface area contributed by atoms with Crippen LogP contribution in [0.25, 0.3) is 11.0 Å². The summed E-state index contributed by atoms with van der Waals surface area (Å²) < 4.78 is 31.0. The highest BCUT2D eigenvalue weighted by atomic mass is 19.1. The first kappa shape index (κ1) is 19.5. The molecule has 2 N–H and O–H groups in total. The molecule has 2 aromatic rings. The van der Waals surface area contributed by atoms with Crippen LogP contribution in [-0.2, 0) is 16.1 Å². The molecule has 0 bridgehead atoms. The number of benzene rings is 1. The molecule has 27 heavy (non-hydrogen) atoms. The summed E-state index contributed by atoms with van der Waals surface area (Å²) in [7, 11) is 1.52. The van der Waals surface area contributed by atoms with Gasteiger partial charge in [0, 0.05) is 32.3 Å². The van der Waals surface area contributed by atoms with Crippen molar-refractivity contribution in [1.82, 2.24) is 10.5 Å². The van der Waals surface area contributed by atoms with Gasteiger partial charge in [-0.3, -0.25) is 4.79 Å². The molecule has 2 atom stereocenters. The van der Waals surface area contributed by atoms with Crippen LogP contribution in [0.4, 0.5) is 10.1 Å². The van der Waals surface area contributed by atoms with Crippen molar-refractivity contribution in [2.75, 3.05) is 38.3 Å². The smallest absolute Gasteiger partial charge is 0.274 e. The minimum Gasteiger partial charge on any atom is -0.392 e. The molecule has 8 nitrogen and oxygen atoms in total. The molecule has 0 spiro atoms. The monoisotopic (exact) mass is 381 g/mol. The number of hydrogen-bond donors (Lipinski definition) is 2. The van der Waals surface area contributed by atoms with Crippen molar-refractivity contribution in [2.45, 2.75) is 32.7 Å². The van der Waals surface area contributed by atoms with E-state index >= 15 is 4.39 Å². The molecule has 0 aliphatic carbocycles. The lowest BCUT2D eigenvalue weighted by atomic mass is 10.1. The maximum atomic E-state index is 15.3. The summed E-state index contributed by atoms with van der Waals surface area (Å²) in [5, 5.41) is 16.4. The summed E-state index contributed by atoms with van der Waals surface area (Å²) in [4.78, 5) is 14.1. The standard InChI is InChI=1S/C18H24FN3O5/c1-10-7-22(8-11(2)26-10)16-12(9-23)6-13-15(18(24)20-4-5-25-3)21-27-17(13)14(16)19/h6,10-11,23H,4-5,7-9H2,1-3H3,(H,20,24)/t10-,11+. The number of rotatable bonds is 6. The van der Waals surface area contributed by atoms with Gasteiger partial charge in [0.15, 0.2) is 11.5 Å². The number of amides is 1. The van der Waals surface area contributed by atoms with E-state index in [-0.39, 0.29) is 41.2 Å². The van der Waals surface area contributed by atoms with Crippen LogP contribution >= 0.6 is 0 Å². The molecule has 1 aromatic heterocycles. The van der Waals surface area contributed by atoms with E-state index in [0.29, 0.717) is 31.8 Å². The van der Waals surface area contributed by atoms with Crippen LogP contribution in [0.3, 0.4) is 0 Å². The predicted molar refractivity (Wildman–Crippen MR) is 96.3 cm³/mol. The first-order valence-corrected chi connectivity index (χ1v) is 8.85. The Morgan fingerprint density at radius 3 is 2.78 bits per heavy atom. The molecular weight excluding hydrogens is 357 g/mol. The van der Waals surface area contributed by atoms with E-state index in [1.807, 2.05) is 18.7 Å². The second kappa shape index (κ2) is 8.20. The molecule has 148 valence electrons. The van der Waals surface area contributed by atoms with Crippen LogP contribution in [0, 0.1) is 5.82 Å². The van der Waals surface area contributed by atoms with Gasteiger partial charge in [0.2, 0.25) is 5.58 Å². The SMILES string of the molecule is COCCNC(=O)c1noc2c(F)c(N3C[C@@H](C)O[C@@H](C)C3)c(CO)cc12. The average molecular weight is 381 g/mol. The van der Waals surface area contributed by atoms with E-state index < -0.39 is 11.7 Å². The molecule has 0 radical (unpaired) electrons. The van der Waals surface area contributed by atoms with Crippen LogP contribution in [-0.4, -0.2) is 61.7 Å². The van der Waals surface area contributed by atoms with E-state index in [2.05, 4.69) is 10.5 Å². The highest BCUT2D eigenvalue weighted by Crippen LogP contribution is 2.35. The van der Waals surface area contributed by atoms with E-state index in [1.165, 1.54) is 7.11 Å². The minimum atomic E-state index is -0.638. The Hall–Kier alpha value is -2.23. The van der Waals surface area contributed by atoms with Crippen molar-refractivity contribution in [1.29, 1.82) is 0 Å². The number of morpholine rings is 1. The second-order valence-electron chi connectivity index (χ2n) is 6.68. The summed E-state index contributed by atoms with van der Waals surface area (Å²) in [6, 6.07) is 1.56. The largest absolute Gasteiger partial charge is 0.392 e. The number of aliphatic hydroxyl groups is 1. The van der Waals surface area contributed by atoms with Crippen LogP contribution in [0.2, 0.25) is 0 Å². The summed E-state index contributed by atoms with van der Waals surface area (Å²) in [5.74, 6) is -1.13. The van der Waals surface area contributed by atoms with Crippen LogP contribution in [0.15, 0.2) is 10.6 Å². The molecular formula is C18H24FN3O5. The number of aliphatic hydroxyl groups excluding tert-OH is 1. The number of fused-ring (bicyclic) bond motifs is 1. The summed E-state index contributed by atoms with van der Waals surface area (Å²) in [6.45, 7) is 5.05. The lowest BCUT2D eigenvalue weighted by Gasteiger charge is -2.37. The quantitative estimate of drug-likeness (QED) is 0.731. The number of nitrogens with zero attached hydrogens (tertiary/aromatic N) is 2. The van der Waals surface area contributed by atoms with Crippen molar-refractivity contribution in [2.24, 2.45) is 0 Å². The van der Waals surface area contributed by atoms with E-state index in [1.54, 1.807) is 6.07 Å². The van der Waals surface area contributed by atoms with Gasteiger partial charge in [0.25, 0.3) is 5.91 Å². The normalized spacial score (nSPS) is 20.3. The summed E-state index contributed by atoms with van der Waals surface area (Å²) in [6.07, 6.45) is -0.153. The first-order chi connectivity index (χ1) is 13.0. The molecule has 0 saturated carbocycles. The number of halogens is 1. The lowest BCUT2D eigenvalue weighted by Crippen LogP contribution is -2.46. The first-order valence-electron chi connectivity index (χ1n) is 8.85. The van der Waals surface area contributed by atoms with Gasteiger partial charge in [-0.1, -0.05) is 5.16 Å². The van der Waals surface area contributed by atoms with Crippen molar-refractivity contribution >= 4 is 22.6 Å². The number of aromatic nitrogens is 1. The summed E-state index contributed by atoms with van der Waals surface area (Å²) in [5.41, 5.74) is 0.501. The second-order valence-corrected chi connectivity index (χ2v) is 6.68. The fourth-order valence-electron chi connectivity index (χ4n) is 3.42. The van der Waals surface area contributed by atoms with Crippen LogP contribution in [0.1, 0.15) is 29.9 Å². The van der Waals surface area contributed by atoms with Crippen molar-refractivity contribution in [3.05, 3.63) is 23.1 Å². The molecule has 1 aliphatic rings. The molecule has 3 rings (SSSR count). The van der Waals surface area contributed by atoms with E-state index in [0.717, 1.165) is 0 Å². The molecule has 1 fully saturated rings. The number of carbonyl (C=O) groups is 1. The highest BCUT2D eigenvalue weighted by Gasteiger charge is 2.30. The van der Waals surface area contributed by atoms with Crippen molar-refractivity contribution < 1.29 is 28.3 Å². The topological polar surface area (TPSA) is 97.1 Å². The Kier molecular flexibility index (Phi) is 5.93. The molecule has 1 aromatic carbocycles. The Labute approximate surface area is 156 Å². The number of carbonyl (C=O) groups excluding carboxylic acids is 1. The molecule has 1 saturated heterocycles. The van der Waals surface area contributed by atoms with Crippen molar-refractivity contribution in [3.8, 4) is 0 Å². The van der Waals surface area contributed by atoms with E-state index in [9.17, 15) is 9.90 Å². The number of ether oxygens (including phenoxy) is 2. The summed E-state index contributed by atoms with van der Waals surface area (Å²) >= 11 is 0. The van der Waals surface area contributed by atoms with Gasteiger partial charge in [-0.2, -0.15) is 0 Å². The third-order valence-corrected chi connectivity index (χ3v) is 4.47. The Balaban J connectivity index is 2.00. The Bertz CT molecular complexity index is 815. The van der Waals surface area contributed by atoms with E-state index in [4.69, 9.17) is 14.0 Å². The number of nitrogens with one attached hydrogen (secondary N) is 1. The predicted octanol–water partition coefficient (Wildman–Crippen LogP) is 1.45. The molecule has 9 heteroatoms. The zero-order valence-corrected chi connectivity index (χ0v) is 15.6. The van der Waals surface area contributed by atoms with Crippen LogP contribution in [0.5, 0.6) is 0 Å². The number of hydrogen-bond acceptors (Lipinski definition) is 7. The maximum Gasteiger partial charge on any atom is 0.274 e. The van der Waals surface area contributed by atoms with Gasteiger partial charge in [-0.15, -0.1) is 0 Å². The molecule has 1 amide bonds. The number of methoxy groups -OCH3 is 1. The third-order valence-electron chi connectivity index (χ3n) is 4.47. The van der Waals surface area contributed by atoms with Gasteiger partial charge < -0.3 is 29.3 Å². The zero-order chi connectivity index (χ0) is 19.6. The molecule has 0 unspecified atom stereocenters. The fraction of sp³-hybridized carbons (Fsp3) is 0.556. The highest BCUT2D eigenvalue weighted by molar-refractivity contribution is 6.05. The minimum absolute atomic E-state index is 0.0232. The average Bonchev–Trinajstić information content (AvgIpc) is 3.05. The third kappa shape index (κ3) is 3.90. The number of anilines is 1. The Morgan fingerprint density at radius 2 is 2.15 bits per heavy atom. The van der Waals surface area contributed by atoms with Crippen LogP contribution < -0.4 is 10.2 Å².